The van der Waals surface area contributed by atoms with E-state index in [1.54, 1.807) is 0 Å². The number of benzene rings is 1. The Labute approximate surface area is 143 Å². The van der Waals surface area contributed by atoms with Gasteiger partial charge in [0.05, 0.1) is 12.1 Å². The van der Waals surface area contributed by atoms with Gasteiger partial charge in [-0.2, -0.15) is 13.2 Å². The first-order valence-corrected chi connectivity index (χ1v) is 8.38. The lowest BCUT2D eigenvalue weighted by Gasteiger charge is -2.41. The van der Waals surface area contributed by atoms with Crippen LogP contribution in [0.5, 0.6) is 0 Å². The normalized spacial score (nSPS) is 32.7. The van der Waals surface area contributed by atoms with E-state index >= 15 is 0 Å². The molecule has 0 bridgehead atoms. The van der Waals surface area contributed by atoms with Crippen molar-refractivity contribution >= 4 is 40.8 Å². The number of hydrogen-bond acceptors (Lipinski definition) is 3. The minimum Gasteiger partial charge on any atom is -0.366 e. The van der Waals surface area contributed by atoms with E-state index in [0.29, 0.717) is 4.47 Å². The van der Waals surface area contributed by atoms with E-state index in [2.05, 4.69) is 26.2 Å². The first-order valence-electron chi connectivity index (χ1n) is 6.60. The molecule has 122 valence electrons. The molecule has 10 heteroatoms. The Morgan fingerprint density at radius 3 is 2.83 bits per heavy atom. The molecule has 3 unspecified atom stereocenters. The number of halogens is 5. The highest BCUT2D eigenvalue weighted by Crippen LogP contribution is 2.49. The Morgan fingerprint density at radius 1 is 1.43 bits per heavy atom. The van der Waals surface area contributed by atoms with Crippen LogP contribution >= 0.6 is 27.7 Å². The van der Waals surface area contributed by atoms with Crippen molar-refractivity contribution < 1.29 is 22.3 Å². The van der Waals surface area contributed by atoms with Gasteiger partial charge in [0, 0.05) is 21.7 Å². The van der Waals surface area contributed by atoms with Crippen LogP contribution in [-0.4, -0.2) is 37.8 Å². The fraction of sp³-hybridized carbons (Fsp3) is 0.462. The number of thioether (sulfide) groups is 1. The van der Waals surface area contributed by atoms with Crippen LogP contribution in [0, 0.1) is 11.7 Å². The number of nitrogens with zero attached hydrogens (tertiary/aromatic N) is 1. The van der Waals surface area contributed by atoms with E-state index in [4.69, 9.17) is 12.7 Å². The number of hydrogen-bond donors (Lipinski definition) is 1. The molecule has 2 fully saturated rings. The summed E-state index contributed by atoms with van der Waals surface area (Å²) in [6.07, 6.45) is -6.51. The zero-order valence-electron chi connectivity index (χ0n) is 11.5. The molecular formula is C13H10BBrF4N2OS. The van der Waals surface area contributed by atoms with Gasteiger partial charge in [0.2, 0.25) is 0 Å². The lowest BCUT2D eigenvalue weighted by atomic mass is 9.78. The van der Waals surface area contributed by atoms with Crippen molar-refractivity contribution in [1.82, 2.24) is 5.32 Å². The Kier molecular flexibility index (Phi) is 4.43. The number of amidine groups is 1. The predicted octanol–water partition coefficient (Wildman–Crippen LogP) is 3.14. The van der Waals surface area contributed by atoms with Crippen LogP contribution < -0.4 is 5.32 Å². The molecule has 0 amide bonds. The summed E-state index contributed by atoms with van der Waals surface area (Å²) in [6.45, 7) is -0.325. The molecule has 0 aromatic heterocycles. The molecule has 1 aromatic rings. The highest BCUT2D eigenvalue weighted by molar-refractivity contribution is 9.10. The molecule has 3 rings (SSSR count). The summed E-state index contributed by atoms with van der Waals surface area (Å²) in [6, 6.07) is 4.15. The summed E-state index contributed by atoms with van der Waals surface area (Å²) >= 11 is 4.29. The molecule has 3 atom stereocenters. The third kappa shape index (κ3) is 2.89. The zero-order valence-corrected chi connectivity index (χ0v) is 13.9. The molecule has 2 heterocycles. The van der Waals surface area contributed by atoms with E-state index in [1.165, 1.54) is 18.2 Å². The SMILES string of the molecule is [B]N=C1NC2(c3cc(Br)ccc3F)COC(C(F)(F)F)C2CS1. The van der Waals surface area contributed by atoms with E-state index in [1.807, 2.05) is 0 Å². The molecule has 2 aliphatic rings. The number of alkyl halides is 3. The van der Waals surface area contributed by atoms with Gasteiger partial charge in [0.25, 0.3) is 7.98 Å². The fourth-order valence-corrected chi connectivity index (χ4v) is 4.52. The van der Waals surface area contributed by atoms with Crippen LogP contribution in [0.1, 0.15) is 5.56 Å². The van der Waals surface area contributed by atoms with Crippen molar-refractivity contribution in [2.75, 3.05) is 12.4 Å². The largest absolute Gasteiger partial charge is 0.415 e. The maximum Gasteiger partial charge on any atom is 0.415 e. The minimum absolute atomic E-state index is 0.0686. The second kappa shape index (κ2) is 5.96. The highest BCUT2D eigenvalue weighted by Gasteiger charge is 2.62. The number of fused-ring (bicyclic) bond motifs is 1. The molecule has 0 aliphatic carbocycles. The maximum absolute atomic E-state index is 14.4. The molecule has 2 aliphatic heterocycles. The number of nitrogens with one attached hydrogen (secondary N) is 1. The predicted molar refractivity (Wildman–Crippen MR) is 83.8 cm³/mol. The van der Waals surface area contributed by atoms with Crippen molar-refractivity contribution in [2.45, 2.75) is 17.8 Å². The average Bonchev–Trinajstić information content (AvgIpc) is 2.89. The van der Waals surface area contributed by atoms with Gasteiger partial charge in [-0.05, 0) is 18.2 Å². The van der Waals surface area contributed by atoms with Crippen molar-refractivity contribution in [3.63, 3.8) is 0 Å². The molecule has 0 saturated carbocycles. The summed E-state index contributed by atoms with van der Waals surface area (Å²) in [5.74, 6) is -1.54. The fourth-order valence-electron chi connectivity index (χ4n) is 3.03. The lowest BCUT2D eigenvalue weighted by Crippen LogP contribution is -2.57. The van der Waals surface area contributed by atoms with Crippen molar-refractivity contribution in [2.24, 2.45) is 10.8 Å². The minimum atomic E-state index is -4.53. The maximum atomic E-state index is 14.4. The Bertz CT molecular complexity index is 659. The lowest BCUT2D eigenvalue weighted by molar-refractivity contribution is -0.215. The topological polar surface area (TPSA) is 33.6 Å². The third-order valence-corrected chi connectivity index (χ3v) is 5.57. The smallest absolute Gasteiger partial charge is 0.366 e. The molecule has 1 N–H and O–H groups in total. The van der Waals surface area contributed by atoms with Crippen LogP contribution in [0.15, 0.2) is 27.6 Å². The van der Waals surface area contributed by atoms with Gasteiger partial charge in [0.1, 0.15) is 11.0 Å². The van der Waals surface area contributed by atoms with Gasteiger partial charge < -0.3 is 15.0 Å². The Morgan fingerprint density at radius 2 is 2.17 bits per heavy atom. The summed E-state index contributed by atoms with van der Waals surface area (Å²) < 4.78 is 59.7. The van der Waals surface area contributed by atoms with Gasteiger partial charge in [-0.25, -0.2) is 4.39 Å². The van der Waals surface area contributed by atoms with Crippen molar-refractivity contribution in [3.8, 4) is 0 Å². The number of rotatable bonds is 1. The molecule has 3 nitrogen and oxygen atoms in total. The molecule has 0 spiro atoms. The monoisotopic (exact) mass is 408 g/mol. The molecule has 2 radical (unpaired) electrons. The molecule has 1 aromatic carbocycles. The van der Waals surface area contributed by atoms with E-state index < -0.39 is 29.6 Å². The second-order valence-corrected chi connectivity index (χ2v) is 7.27. The Hall–Kier alpha value is -0.735. The van der Waals surface area contributed by atoms with Gasteiger partial charge >= 0.3 is 6.18 Å². The first-order chi connectivity index (χ1) is 10.8. The van der Waals surface area contributed by atoms with Crippen molar-refractivity contribution in [3.05, 3.63) is 34.1 Å². The van der Waals surface area contributed by atoms with Crippen LogP contribution in [-0.2, 0) is 10.3 Å². The molecule has 2 saturated heterocycles. The van der Waals surface area contributed by atoms with E-state index in [-0.39, 0.29) is 23.1 Å². The van der Waals surface area contributed by atoms with Crippen LogP contribution in [0.3, 0.4) is 0 Å². The van der Waals surface area contributed by atoms with Crippen LogP contribution in [0.4, 0.5) is 17.6 Å². The van der Waals surface area contributed by atoms with E-state index in [9.17, 15) is 17.6 Å². The summed E-state index contributed by atoms with van der Waals surface area (Å²) in [5.41, 5.74) is -1.26. The highest BCUT2D eigenvalue weighted by atomic mass is 79.9. The standard InChI is InChI=1S/C13H10BBrF4N2OS/c14-21-11-20-12(7-3-6(15)1-2-9(7)16)5-22-10(13(17,18)19)8(12)4-23-11/h1-3,8,10H,4-5H2,(H,20,21). The average molecular weight is 409 g/mol. The first kappa shape index (κ1) is 17.1. The van der Waals surface area contributed by atoms with Crippen molar-refractivity contribution in [1.29, 1.82) is 0 Å². The van der Waals surface area contributed by atoms with Gasteiger partial charge in [0.15, 0.2) is 6.10 Å². The third-order valence-electron chi connectivity index (χ3n) is 4.07. The van der Waals surface area contributed by atoms with Crippen LogP contribution in [0.2, 0.25) is 0 Å². The summed E-state index contributed by atoms with van der Waals surface area (Å²) in [7, 11) is 5.25. The van der Waals surface area contributed by atoms with Gasteiger partial charge in [-0.3, -0.25) is 0 Å². The quantitative estimate of drug-likeness (QED) is 0.572. The Balaban J connectivity index is 2.12. The zero-order chi connectivity index (χ0) is 16.8. The summed E-state index contributed by atoms with van der Waals surface area (Å²) in [5, 5.41) is 3.12. The molecular weight excluding hydrogens is 399 g/mol. The summed E-state index contributed by atoms with van der Waals surface area (Å²) in [4.78, 5) is 3.52. The number of ether oxygens (including phenoxy) is 1. The van der Waals surface area contributed by atoms with E-state index in [0.717, 1.165) is 11.8 Å². The van der Waals surface area contributed by atoms with Crippen LogP contribution in [0.25, 0.3) is 0 Å². The second-order valence-electron chi connectivity index (χ2n) is 5.35. The van der Waals surface area contributed by atoms with Gasteiger partial charge in [-0.1, -0.05) is 27.7 Å². The molecule has 23 heavy (non-hydrogen) atoms. The van der Waals surface area contributed by atoms with Gasteiger partial charge in [-0.15, -0.1) is 0 Å².